The van der Waals surface area contributed by atoms with Gasteiger partial charge in [0, 0.05) is 6.20 Å². The molecule has 0 fully saturated rings. The zero-order valence-electron chi connectivity index (χ0n) is 13.0. The summed E-state index contributed by atoms with van der Waals surface area (Å²) in [6.45, 7) is 4.87. The van der Waals surface area contributed by atoms with Gasteiger partial charge in [-0.2, -0.15) is 5.10 Å². The Morgan fingerprint density at radius 1 is 1.35 bits per heavy atom. The first-order chi connectivity index (χ1) is 11.1. The third-order valence-electron chi connectivity index (χ3n) is 2.85. The van der Waals surface area contributed by atoms with Crippen LogP contribution in [-0.2, 0) is 0 Å². The lowest BCUT2D eigenvalue weighted by Crippen LogP contribution is -2.18. The van der Waals surface area contributed by atoms with Crippen LogP contribution in [0.4, 0.5) is 0 Å². The van der Waals surface area contributed by atoms with Crippen molar-refractivity contribution in [2.45, 2.75) is 13.8 Å². The van der Waals surface area contributed by atoms with E-state index in [4.69, 9.17) is 16.3 Å². The number of nitrogens with one attached hydrogen (secondary N) is 1. The Labute approximate surface area is 140 Å². The van der Waals surface area contributed by atoms with Crippen LogP contribution < -0.4 is 10.2 Å². The monoisotopic (exact) mass is 331 g/mol. The van der Waals surface area contributed by atoms with E-state index in [0.29, 0.717) is 12.5 Å². The van der Waals surface area contributed by atoms with Gasteiger partial charge in [-0.1, -0.05) is 25.4 Å². The molecule has 23 heavy (non-hydrogen) atoms. The predicted molar refractivity (Wildman–Crippen MR) is 91.1 cm³/mol. The number of ether oxygens (including phenoxy) is 1. The summed E-state index contributed by atoms with van der Waals surface area (Å²) in [5.74, 6) is 0.879. The molecule has 0 radical (unpaired) electrons. The summed E-state index contributed by atoms with van der Waals surface area (Å²) >= 11 is 5.85. The molecule has 0 unspecified atom stereocenters. The second kappa shape index (κ2) is 8.29. The molecular weight excluding hydrogens is 314 g/mol. The molecule has 0 saturated heterocycles. The van der Waals surface area contributed by atoms with Crippen molar-refractivity contribution in [3.8, 4) is 5.75 Å². The minimum absolute atomic E-state index is 0.145. The van der Waals surface area contributed by atoms with Crippen molar-refractivity contribution in [1.29, 1.82) is 0 Å². The van der Waals surface area contributed by atoms with Crippen molar-refractivity contribution in [2.24, 2.45) is 11.0 Å². The van der Waals surface area contributed by atoms with Crippen molar-refractivity contribution >= 4 is 23.7 Å². The van der Waals surface area contributed by atoms with E-state index in [1.165, 1.54) is 6.20 Å². The summed E-state index contributed by atoms with van der Waals surface area (Å²) in [6, 6.07) is 10.7. The van der Waals surface area contributed by atoms with Gasteiger partial charge in [0.1, 0.15) is 10.9 Å². The van der Waals surface area contributed by atoms with E-state index >= 15 is 0 Å². The lowest BCUT2D eigenvalue weighted by molar-refractivity contribution is 0.0955. The fraction of sp³-hybridized carbons (Fsp3) is 0.235. The van der Waals surface area contributed by atoms with E-state index in [2.05, 4.69) is 29.4 Å². The van der Waals surface area contributed by atoms with Crippen molar-refractivity contribution in [1.82, 2.24) is 10.4 Å². The highest BCUT2D eigenvalue weighted by Crippen LogP contribution is 2.13. The molecule has 1 heterocycles. The Hall–Kier alpha value is -2.40. The van der Waals surface area contributed by atoms with Crippen LogP contribution in [-0.4, -0.2) is 23.7 Å². The lowest BCUT2D eigenvalue weighted by atomic mass is 10.2. The van der Waals surface area contributed by atoms with Crippen LogP contribution in [0.5, 0.6) is 5.75 Å². The van der Waals surface area contributed by atoms with E-state index in [9.17, 15) is 4.79 Å². The van der Waals surface area contributed by atoms with Gasteiger partial charge in [-0.05, 0) is 47.9 Å². The summed E-state index contributed by atoms with van der Waals surface area (Å²) in [7, 11) is 0. The summed E-state index contributed by atoms with van der Waals surface area (Å²) in [4.78, 5) is 15.7. The molecule has 1 amide bonds. The van der Waals surface area contributed by atoms with Gasteiger partial charge in [0.25, 0.3) is 5.91 Å². The number of hydrazone groups is 1. The van der Waals surface area contributed by atoms with Crippen molar-refractivity contribution in [3.63, 3.8) is 0 Å². The first-order valence-corrected chi connectivity index (χ1v) is 7.61. The average molecular weight is 332 g/mol. The molecule has 5 nitrogen and oxygen atoms in total. The highest BCUT2D eigenvalue weighted by molar-refractivity contribution is 6.32. The Morgan fingerprint density at radius 2 is 2.09 bits per heavy atom. The largest absolute Gasteiger partial charge is 0.493 e. The SMILES string of the molecule is CC(C)COc1ccc(C=NNC(=O)c2cccnc2Cl)cc1. The van der Waals surface area contributed by atoms with Gasteiger partial charge >= 0.3 is 0 Å². The van der Waals surface area contributed by atoms with Crippen LogP contribution in [0.25, 0.3) is 0 Å². The second-order valence-electron chi connectivity index (χ2n) is 5.31. The Bertz CT molecular complexity index is 684. The Kier molecular flexibility index (Phi) is 6.11. The highest BCUT2D eigenvalue weighted by atomic mass is 35.5. The van der Waals surface area contributed by atoms with Gasteiger partial charge in [0.05, 0.1) is 18.4 Å². The number of nitrogens with zero attached hydrogens (tertiary/aromatic N) is 2. The maximum Gasteiger partial charge on any atom is 0.274 e. The number of aromatic nitrogens is 1. The van der Waals surface area contributed by atoms with Crippen LogP contribution in [0.3, 0.4) is 0 Å². The van der Waals surface area contributed by atoms with E-state index in [1.54, 1.807) is 18.3 Å². The van der Waals surface area contributed by atoms with Gasteiger partial charge in [-0.15, -0.1) is 0 Å². The summed E-state index contributed by atoms with van der Waals surface area (Å²) < 4.78 is 5.60. The molecule has 0 spiro atoms. The van der Waals surface area contributed by atoms with E-state index in [1.807, 2.05) is 24.3 Å². The molecule has 1 aromatic heterocycles. The van der Waals surface area contributed by atoms with Gasteiger partial charge in [-0.3, -0.25) is 4.79 Å². The van der Waals surface area contributed by atoms with Crippen molar-refractivity contribution < 1.29 is 9.53 Å². The fourth-order valence-electron chi connectivity index (χ4n) is 1.69. The first-order valence-electron chi connectivity index (χ1n) is 7.23. The molecule has 0 aliphatic heterocycles. The van der Waals surface area contributed by atoms with E-state index in [0.717, 1.165) is 11.3 Å². The predicted octanol–water partition coefficient (Wildman–Crippen LogP) is 3.53. The highest BCUT2D eigenvalue weighted by Gasteiger charge is 2.08. The number of carbonyl (C=O) groups is 1. The topological polar surface area (TPSA) is 63.6 Å². The number of amides is 1. The third kappa shape index (κ3) is 5.38. The summed E-state index contributed by atoms with van der Waals surface area (Å²) in [5.41, 5.74) is 3.55. The first kappa shape index (κ1) is 17.0. The summed E-state index contributed by atoms with van der Waals surface area (Å²) in [5, 5.41) is 4.06. The molecule has 1 N–H and O–H groups in total. The molecule has 0 atom stereocenters. The van der Waals surface area contributed by atoms with Crippen LogP contribution in [0.1, 0.15) is 29.8 Å². The summed E-state index contributed by atoms with van der Waals surface area (Å²) in [6.07, 6.45) is 3.07. The third-order valence-corrected chi connectivity index (χ3v) is 3.15. The zero-order valence-corrected chi connectivity index (χ0v) is 13.7. The second-order valence-corrected chi connectivity index (χ2v) is 5.67. The van der Waals surface area contributed by atoms with Crippen LogP contribution >= 0.6 is 11.6 Å². The molecule has 0 aliphatic rings. The van der Waals surface area contributed by atoms with Crippen LogP contribution in [0, 0.1) is 5.92 Å². The lowest BCUT2D eigenvalue weighted by Gasteiger charge is -2.08. The normalized spacial score (nSPS) is 11.0. The number of halogens is 1. The molecule has 0 bridgehead atoms. The number of pyridine rings is 1. The van der Waals surface area contributed by atoms with E-state index in [-0.39, 0.29) is 10.7 Å². The molecule has 0 saturated carbocycles. The molecule has 2 rings (SSSR count). The molecule has 120 valence electrons. The molecule has 2 aromatic rings. The molecule has 1 aromatic carbocycles. The fourth-order valence-corrected chi connectivity index (χ4v) is 1.90. The van der Waals surface area contributed by atoms with Crippen molar-refractivity contribution in [2.75, 3.05) is 6.61 Å². The molecule has 0 aliphatic carbocycles. The van der Waals surface area contributed by atoms with Gasteiger partial charge in [0.2, 0.25) is 0 Å². The standard InChI is InChI=1S/C17H18ClN3O2/c1-12(2)11-23-14-7-5-13(6-8-14)10-20-21-17(22)15-4-3-9-19-16(15)18/h3-10,12H,11H2,1-2H3,(H,21,22). The van der Waals surface area contributed by atoms with Gasteiger partial charge < -0.3 is 4.74 Å². The number of hydrogen-bond donors (Lipinski definition) is 1. The smallest absolute Gasteiger partial charge is 0.274 e. The van der Waals surface area contributed by atoms with Gasteiger partial charge in [0.15, 0.2) is 0 Å². The quantitative estimate of drug-likeness (QED) is 0.500. The Balaban J connectivity index is 1.90. The maximum absolute atomic E-state index is 11.9. The zero-order chi connectivity index (χ0) is 16.7. The molecule has 6 heteroatoms. The van der Waals surface area contributed by atoms with Crippen molar-refractivity contribution in [3.05, 3.63) is 58.9 Å². The molecular formula is C17H18ClN3O2. The number of carbonyl (C=O) groups excluding carboxylic acids is 1. The number of rotatable bonds is 6. The number of hydrogen-bond acceptors (Lipinski definition) is 4. The van der Waals surface area contributed by atoms with Gasteiger partial charge in [-0.25, -0.2) is 10.4 Å². The minimum atomic E-state index is -0.406. The number of benzene rings is 1. The van der Waals surface area contributed by atoms with Crippen LogP contribution in [0.2, 0.25) is 5.15 Å². The van der Waals surface area contributed by atoms with E-state index < -0.39 is 5.91 Å². The minimum Gasteiger partial charge on any atom is -0.493 e. The average Bonchev–Trinajstić information content (AvgIpc) is 2.54. The Morgan fingerprint density at radius 3 is 2.74 bits per heavy atom. The maximum atomic E-state index is 11.9. The van der Waals surface area contributed by atoms with Crippen LogP contribution in [0.15, 0.2) is 47.7 Å².